The highest BCUT2D eigenvalue weighted by Gasteiger charge is 2.17. The second-order valence-electron chi connectivity index (χ2n) is 5.70. The van der Waals surface area contributed by atoms with Gasteiger partial charge in [0.1, 0.15) is 11.4 Å². The summed E-state index contributed by atoms with van der Waals surface area (Å²) in [7, 11) is 0. The highest BCUT2D eigenvalue weighted by molar-refractivity contribution is 6.01. The molecule has 2 aromatic carbocycles. The SMILES string of the molecule is CC(=Nc1ccc(F)cc1)c1c(O)n(Cc2ccccc2)c(=O)[nH]c1=O. The van der Waals surface area contributed by atoms with Crippen molar-refractivity contribution in [3.05, 3.63) is 92.4 Å². The van der Waals surface area contributed by atoms with E-state index in [1.54, 1.807) is 12.1 Å². The van der Waals surface area contributed by atoms with Crippen molar-refractivity contribution in [2.45, 2.75) is 13.5 Å². The molecule has 0 fully saturated rings. The fraction of sp³-hybridized carbons (Fsp3) is 0.105. The maximum absolute atomic E-state index is 13.0. The van der Waals surface area contributed by atoms with Crippen LogP contribution in [0.15, 0.2) is 69.2 Å². The number of hydrogen-bond acceptors (Lipinski definition) is 4. The van der Waals surface area contributed by atoms with E-state index in [1.807, 2.05) is 18.2 Å². The monoisotopic (exact) mass is 353 g/mol. The van der Waals surface area contributed by atoms with Gasteiger partial charge in [0.25, 0.3) is 5.56 Å². The van der Waals surface area contributed by atoms with Crippen LogP contribution in [0.2, 0.25) is 0 Å². The van der Waals surface area contributed by atoms with Crippen molar-refractivity contribution >= 4 is 11.4 Å². The summed E-state index contributed by atoms with van der Waals surface area (Å²) < 4.78 is 14.1. The Morgan fingerprint density at radius 1 is 1.12 bits per heavy atom. The summed E-state index contributed by atoms with van der Waals surface area (Å²) in [5.41, 5.74) is -0.142. The molecular weight excluding hydrogens is 337 g/mol. The van der Waals surface area contributed by atoms with Crippen LogP contribution < -0.4 is 11.2 Å². The molecular formula is C19H16FN3O3. The smallest absolute Gasteiger partial charge is 0.331 e. The number of aromatic nitrogens is 2. The highest BCUT2D eigenvalue weighted by Crippen LogP contribution is 2.18. The number of nitrogens with zero attached hydrogens (tertiary/aromatic N) is 2. The predicted molar refractivity (Wildman–Crippen MR) is 96.8 cm³/mol. The van der Waals surface area contributed by atoms with Crippen LogP contribution in [0.3, 0.4) is 0 Å². The lowest BCUT2D eigenvalue weighted by molar-refractivity contribution is 0.408. The Morgan fingerprint density at radius 3 is 2.42 bits per heavy atom. The van der Waals surface area contributed by atoms with Crippen molar-refractivity contribution in [3.8, 4) is 5.88 Å². The van der Waals surface area contributed by atoms with Crippen molar-refractivity contribution in [2.24, 2.45) is 4.99 Å². The van der Waals surface area contributed by atoms with Crippen molar-refractivity contribution in [3.63, 3.8) is 0 Å². The van der Waals surface area contributed by atoms with Crippen LogP contribution in [-0.2, 0) is 6.54 Å². The van der Waals surface area contributed by atoms with E-state index in [4.69, 9.17) is 0 Å². The Labute approximate surface area is 147 Å². The predicted octanol–water partition coefficient (Wildman–Crippen LogP) is 2.57. The van der Waals surface area contributed by atoms with E-state index < -0.39 is 22.9 Å². The van der Waals surface area contributed by atoms with Gasteiger partial charge in [-0.3, -0.25) is 19.3 Å². The molecule has 6 nitrogen and oxygen atoms in total. The summed E-state index contributed by atoms with van der Waals surface area (Å²) in [5, 5.41) is 10.5. The molecule has 132 valence electrons. The van der Waals surface area contributed by atoms with Crippen molar-refractivity contribution in [1.29, 1.82) is 0 Å². The topological polar surface area (TPSA) is 87.4 Å². The first-order valence-corrected chi connectivity index (χ1v) is 7.87. The number of aromatic hydroxyl groups is 1. The van der Waals surface area contributed by atoms with Crippen LogP contribution in [0.1, 0.15) is 18.1 Å². The van der Waals surface area contributed by atoms with Crippen LogP contribution >= 0.6 is 0 Å². The molecule has 26 heavy (non-hydrogen) atoms. The molecule has 0 bridgehead atoms. The third-order valence-corrected chi connectivity index (χ3v) is 3.84. The fourth-order valence-corrected chi connectivity index (χ4v) is 2.56. The fourth-order valence-electron chi connectivity index (χ4n) is 2.56. The maximum Gasteiger partial charge on any atom is 0.331 e. The third kappa shape index (κ3) is 3.61. The molecule has 1 aromatic heterocycles. The van der Waals surface area contributed by atoms with Crippen LogP contribution in [0.5, 0.6) is 5.88 Å². The molecule has 3 rings (SSSR count). The van der Waals surface area contributed by atoms with E-state index in [9.17, 15) is 19.1 Å². The number of H-pyrrole nitrogens is 1. The van der Waals surface area contributed by atoms with E-state index in [2.05, 4.69) is 9.98 Å². The number of aliphatic imine (C=N–C) groups is 1. The Hall–Kier alpha value is -3.48. The standard InChI is InChI=1S/C19H16FN3O3/c1-12(21-15-9-7-14(20)8-10-15)16-17(24)22-19(26)23(18(16)25)11-13-5-3-2-4-6-13/h2-10,25H,11H2,1H3,(H,22,24,26). The minimum Gasteiger partial charge on any atom is -0.494 e. The van der Waals surface area contributed by atoms with E-state index >= 15 is 0 Å². The molecule has 0 aliphatic heterocycles. The number of nitrogens with one attached hydrogen (secondary N) is 1. The van der Waals surface area contributed by atoms with Gasteiger partial charge >= 0.3 is 5.69 Å². The summed E-state index contributed by atoms with van der Waals surface area (Å²) in [4.78, 5) is 30.7. The first kappa shape index (κ1) is 17.3. The van der Waals surface area contributed by atoms with Crippen LogP contribution in [0, 0.1) is 5.82 Å². The van der Waals surface area contributed by atoms with Crippen LogP contribution in [0.25, 0.3) is 0 Å². The molecule has 2 N–H and O–H groups in total. The van der Waals surface area contributed by atoms with Gasteiger partial charge in [-0.2, -0.15) is 0 Å². The third-order valence-electron chi connectivity index (χ3n) is 3.84. The zero-order valence-corrected chi connectivity index (χ0v) is 13.9. The van der Waals surface area contributed by atoms with Gasteiger partial charge in [0, 0.05) is 0 Å². The van der Waals surface area contributed by atoms with Crippen LogP contribution in [-0.4, -0.2) is 20.4 Å². The second kappa shape index (κ2) is 7.18. The van der Waals surface area contributed by atoms with E-state index in [0.717, 1.165) is 10.1 Å². The summed E-state index contributed by atoms with van der Waals surface area (Å²) >= 11 is 0. The van der Waals surface area contributed by atoms with E-state index in [1.165, 1.54) is 31.2 Å². The Kier molecular flexibility index (Phi) is 4.79. The number of benzene rings is 2. The molecule has 3 aromatic rings. The largest absolute Gasteiger partial charge is 0.494 e. The molecule has 0 aliphatic carbocycles. The first-order valence-electron chi connectivity index (χ1n) is 7.87. The summed E-state index contributed by atoms with van der Waals surface area (Å²) in [6.45, 7) is 1.63. The van der Waals surface area contributed by atoms with E-state index in [0.29, 0.717) is 5.69 Å². The number of halogens is 1. The number of rotatable bonds is 4. The second-order valence-corrected chi connectivity index (χ2v) is 5.70. The maximum atomic E-state index is 13.0. The zero-order chi connectivity index (χ0) is 18.7. The quantitative estimate of drug-likeness (QED) is 0.707. The Morgan fingerprint density at radius 2 is 1.77 bits per heavy atom. The molecule has 0 saturated carbocycles. The van der Waals surface area contributed by atoms with Crippen molar-refractivity contribution in [2.75, 3.05) is 0 Å². The summed E-state index contributed by atoms with van der Waals surface area (Å²) in [6.07, 6.45) is 0. The van der Waals surface area contributed by atoms with E-state index in [-0.39, 0.29) is 17.8 Å². The van der Waals surface area contributed by atoms with Crippen LogP contribution in [0.4, 0.5) is 10.1 Å². The minimum atomic E-state index is -0.736. The molecule has 7 heteroatoms. The van der Waals surface area contributed by atoms with Gasteiger partial charge < -0.3 is 5.11 Å². The molecule has 0 radical (unpaired) electrons. The summed E-state index contributed by atoms with van der Waals surface area (Å²) in [6, 6.07) is 14.4. The van der Waals surface area contributed by atoms with Gasteiger partial charge in [-0.25, -0.2) is 9.18 Å². The van der Waals surface area contributed by atoms with Crippen molar-refractivity contribution < 1.29 is 9.50 Å². The lowest BCUT2D eigenvalue weighted by Crippen LogP contribution is -2.33. The number of hydrogen-bond donors (Lipinski definition) is 2. The van der Waals surface area contributed by atoms with Crippen molar-refractivity contribution in [1.82, 2.24) is 9.55 Å². The molecule has 0 saturated heterocycles. The van der Waals surface area contributed by atoms with Gasteiger partial charge in [-0.1, -0.05) is 30.3 Å². The molecule has 1 heterocycles. The van der Waals surface area contributed by atoms with Gasteiger partial charge in [-0.05, 0) is 36.8 Å². The van der Waals surface area contributed by atoms with Gasteiger partial charge in [-0.15, -0.1) is 0 Å². The van der Waals surface area contributed by atoms with Gasteiger partial charge in [0.05, 0.1) is 17.9 Å². The average molecular weight is 353 g/mol. The lowest BCUT2D eigenvalue weighted by Gasteiger charge is -2.11. The highest BCUT2D eigenvalue weighted by atomic mass is 19.1. The minimum absolute atomic E-state index is 0.0963. The van der Waals surface area contributed by atoms with Gasteiger partial charge in [0.2, 0.25) is 5.88 Å². The first-order chi connectivity index (χ1) is 12.5. The number of aromatic amines is 1. The average Bonchev–Trinajstić information content (AvgIpc) is 2.61. The normalized spacial score (nSPS) is 11.5. The lowest BCUT2D eigenvalue weighted by atomic mass is 10.2. The molecule has 0 unspecified atom stereocenters. The zero-order valence-electron chi connectivity index (χ0n) is 13.9. The van der Waals surface area contributed by atoms with Gasteiger partial charge in [0.15, 0.2) is 0 Å². The molecule has 0 atom stereocenters. The Balaban J connectivity index is 2.07. The molecule has 0 amide bonds. The Bertz CT molecular complexity index is 1070. The molecule has 0 aliphatic rings. The molecule has 0 spiro atoms. The summed E-state index contributed by atoms with van der Waals surface area (Å²) in [5.74, 6) is -0.871.